The van der Waals surface area contributed by atoms with Crippen molar-refractivity contribution >= 4 is 27.9 Å². The van der Waals surface area contributed by atoms with Gasteiger partial charge in [0, 0.05) is 23.8 Å². The molecule has 1 aromatic carbocycles. The zero-order valence-corrected chi connectivity index (χ0v) is 10.5. The Hall–Kier alpha value is -2.02. The average molecular weight is 311 g/mol. The van der Waals surface area contributed by atoms with E-state index in [0.29, 0.717) is 23.3 Å². The molecule has 0 saturated carbocycles. The van der Waals surface area contributed by atoms with Gasteiger partial charge < -0.3 is 9.32 Å². The van der Waals surface area contributed by atoms with Crippen LogP contribution in [0.3, 0.4) is 0 Å². The van der Waals surface area contributed by atoms with Crippen LogP contribution in [0.1, 0.15) is 10.6 Å². The van der Waals surface area contributed by atoms with Crippen molar-refractivity contribution in [3.05, 3.63) is 46.2 Å². The maximum Gasteiger partial charge on any atom is 0.269 e. The van der Waals surface area contributed by atoms with Crippen molar-refractivity contribution in [2.24, 2.45) is 0 Å². The van der Waals surface area contributed by atoms with Gasteiger partial charge in [0.05, 0.1) is 4.92 Å². The van der Waals surface area contributed by atoms with Crippen LogP contribution in [-0.2, 0) is 4.79 Å². The first-order valence-corrected chi connectivity index (χ1v) is 5.84. The van der Waals surface area contributed by atoms with Gasteiger partial charge in [-0.3, -0.25) is 10.1 Å². The second-order valence-corrected chi connectivity index (χ2v) is 4.44. The van der Waals surface area contributed by atoms with Gasteiger partial charge in [0.15, 0.2) is 5.76 Å². The van der Waals surface area contributed by atoms with Crippen molar-refractivity contribution in [1.29, 1.82) is 0 Å². The molecule has 7 heteroatoms. The number of benzene rings is 1. The molecule has 1 unspecified atom stereocenters. The van der Waals surface area contributed by atoms with Gasteiger partial charge in [-0.2, -0.15) is 0 Å². The molecule has 6 nitrogen and oxygen atoms in total. The van der Waals surface area contributed by atoms with Gasteiger partial charge in [0.25, 0.3) is 5.69 Å². The number of nitro benzene ring substituents is 1. The average Bonchev–Trinajstić information content (AvgIpc) is 2.87. The molecule has 2 rings (SSSR count). The Kier molecular flexibility index (Phi) is 3.52. The maximum absolute atomic E-state index is 10.6. The van der Waals surface area contributed by atoms with Gasteiger partial charge in [-0.1, -0.05) is 21.1 Å². The number of rotatable bonds is 4. The molecule has 0 bridgehead atoms. The highest BCUT2D eigenvalue weighted by Crippen LogP contribution is 2.26. The summed E-state index contributed by atoms with van der Waals surface area (Å²) in [6.07, 6.45) is 0.681. The molecular weight excluding hydrogens is 304 g/mol. The van der Waals surface area contributed by atoms with Gasteiger partial charge in [-0.15, -0.1) is 0 Å². The molecule has 0 saturated heterocycles. The zero-order valence-electron chi connectivity index (χ0n) is 8.95. The lowest BCUT2D eigenvalue weighted by Crippen LogP contribution is -1.87. The van der Waals surface area contributed by atoms with Crippen molar-refractivity contribution in [3.8, 4) is 11.3 Å². The number of nitro groups is 1. The number of non-ortho nitro benzene ring substituents is 1. The van der Waals surface area contributed by atoms with Gasteiger partial charge in [0.2, 0.25) is 0 Å². The van der Waals surface area contributed by atoms with Crippen molar-refractivity contribution in [1.82, 2.24) is 5.16 Å². The standard InChI is InChI=1S/C11H7BrN2O4/c12-9(6-15)11-5-10(13-18-11)7-1-3-8(4-2-7)14(16)17/h1-6,9H. The third-order valence-electron chi connectivity index (χ3n) is 2.29. The second-order valence-electron chi connectivity index (χ2n) is 3.46. The third-order valence-corrected chi connectivity index (χ3v) is 2.96. The highest BCUT2D eigenvalue weighted by Gasteiger charge is 2.14. The molecular formula is C11H7BrN2O4. The second kappa shape index (κ2) is 5.09. The Balaban J connectivity index is 2.28. The van der Waals surface area contributed by atoms with Crippen molar-refractivity contribution in [2.75, 3.05) is 0 Å². The van der Waals surface area contributed by atoms with E-state index >= 15 is 0 Å². The highest BCUT2D eigenvalue weighted by atomic mass is 79.9. The van der Waals surface area contributed by atoms with Crippen LogP contribution in [0.25, 0.3) is 11.3 Å². The number of halogens is 1. The molecule has 1 atom stereocenters. The third kappa shape index (κ3) is 2.45. The Morgan fingerprint density at radius 1 is 1.39 bits per heavy atom. The monoisotopic (exact) mass is 310 g/mol. The van der Waals surface area contributed by atoms with Crippen LogP contribution in [0.15, 0.2) is 34.9 Å². The smallest absolute Gasteiger partial charge is 0.269 e. The number of hydrogen-bond acceptors (Lipinski definition) is 5. The van der Waals surface area contributed by atoms with Crippen LogP contribution in [0.4, 0.5) is 5.69 Å². The molecule has 0 N–H and O–H groups in total. The van der Waals surface area contributed by atoms with Gasteiger partial charge in [-0.05, 0) is 12.1 Å². The number of carbonyl (C=O) groups is 1. The lowest BCUT2D eigenvalue weighted by molar-refractivity contribution is -0.384. The highest BCUT2D eigenvalue weighted by molar-refractivity contribution is 9.09. The van der Waals surface area contributed by atoms with Crippen LogP contribution in [0.2, 0.25) is 0 Å². The fraction of sp³-hybridized carbons (Fsp3) is 0.0909. The normalized spacial score (nSPS) is 12.1. The zero-order chi connectivity index (χ0) is 13.1. The van der Waals surface area contributed by atoms with Crippen LogP contribution >= 0.6 is 15.9 Å². The Morgan fingerprint density at radius 2 is 2.06 bits per heavy atom. The fourth-order valence-electron chi connectivity index (χ4n) is 1.38. The van der Waals surface area contributed by atoms with E-state index in [1.807, 2.05) is 0 Å². The molecule has 2 aromatic rings. The Bertz CT molecular complexity index is 579. The maximum atomic E-state index is 10.6. The van der Waals surface area contributed by atoms with Crippen molar-refractivity contribution < 1.29 is 14.2 Å². The molecule has 0 radical (unpaired) electrons. The summed E-state index contributed by atoms with van der Waals surface area (Å²) < 4.78 is 4.99. The van der Waals surface area contributed by atoms with E-state index < -0.39 is 9.75 Å². The first-order chi connectivity index (χ1) is 8.61. The molecule has 92 valence electrons. The summed E-state index contributed by atoms with van der Waals surface area (Å²) in [6.45, 7) is 0. The fourth-order valence-corrected chi connectivity index (χ4v) is 1.59. The molecule has 0 aliphatic heterocycles. The van der Waals surface area contributed by atoms with E-state index in [1.54, 1.807) is 18.2 Å². The molecule has 0 aliphatic carbocycles. The molecule has 1 heterocycles. The molecule has 0 fully saturated rings. The molecule has 0 aliphatic rings. The van der Waals surface area contributed by atoms with E-state index in [4.69, 9.17) is 4.52 Å². The predicted octanol–water partition coefficient (Wildman–Crippen LogP) is 2.88. The van der Waals surface area contributed by atoms with Crippen LogP contribution < -0.4 is 0 Å². The first kappa shape index (κ1) is 12.4. The topological polar surface area (TPSA) is 86.2 Å². The number of hydrogen-bond donors (Lipinski definition) is 0. The lowest BCUT2D eigenvalue weighted by Gasteiger charge is -1.94. The Morgan fingerprint density at radius 3 is 2.61 bits per heavy atom. The summed E-state index contributed by atoms with van der Waals surface area (Å²) in [5, 5.41) is 14.3. The largest absolute Gasteiger partial charge is 0.359 e. The summed E-state index contributed by atoms with van der Waals surface area (Å²) in [5.74, 6) is 0.387. The number of nitrogens with zero attached hydrogens (tertiary/aromatic N) is 2. The first-order valence-electron chi connectivity index (χ1n) is 4.92. The van der Waals surface area contributed by atoms with Gasteiger partial charge in [-0.25, -0.2) is 0 Å². The minimum absolute atomic E-state index is 0.00808. The molecule has 0 spiro atoms. The van der Waals surface area contributed by atoms with Crippen LogP contribution in [0, 0.1) is 10.1 Å². The summed E-state index contributed by atoms with van der Waals surface area (Å²) in [5.41, 5.74) is 1.21. The number of aromatic nitrogens is 1. The van der Waals surface area contributed by atoms with E-state index in [0.717, 1.165) is 0 Å². The summed E-state index contributed by atoms with van der Waals surface area (Å²) >= 11 is 3.11. The van der Waals surface area contributed by atoms with E-state index in [9.17, 15) is 14.9 Å². The van der Waals surface area contributed by atoms with Crippen LogP contribution in [-0.4, -0.2) is 16.4 Å². The predicted molar refractivity (Wildman–Crippen MR) is 66.3 cm³/mol. The van der Waals surface area contributed by atoms with E-state index in [2.05, 4.69) is 21.1 Å². The van der Waals surface area contributed by atoms with Crippen molar-refractivity contribution in [3.63, 3.8) is 0 Å². The van der Waals surface area contributed by atoms with E-state index in [-0.39, 0.29) is 5.69 Å². The molecule has 1 aromatic heterocycles. The summed E-state index contributed by atoms with van der Waals surface area (Å²) in [4.78, 5) is 20.1. The molecule has 0 amide bonds. The van der Waals surface area contributed by atoms with Gasteiger partial charge in [0.1, 0.15) is 16.8 Å². The summed E-state index contributed by atoms with van der Waals surface area (Å²) in [7, 11) is 0. The van der Waals surface area contributed by atoms with Crippen LogP contribution in [0.5, 0.6) is 0 Å². The van der Waals surface area contributed by atoms with Gasteiger partial charge >= 0.3 is 0 Å². The quantitative estimate of drug-likeness (QED) is 0.375. The summed E-state index contributed by atoms with van der Waals surface area (Å²) in [6, 6.07) is 7.52. The lowest BCUT2D eigenvalue weighted by atomic mass is 10.1. The Labute approximate surface area is 110 Å². The molecule has 18 heavy (non-hydrogen) atoms. The minimum atomic E-state index is -0.545. The van der Waals surface area contributed by atoms with Crippen molar-refractivity contribution in [2.45, 2.75) is 4.83 Å². The number of alkyl halides is 1. The minimum Gasteiger partial charge on any atom is -0.359 e. The van der Waals surface area contributed by atoms with E-state index in [1.165, 1.54) is 12.1 Å². The number of aldehydes is 1. The number of carbonyl (C=O) groups excluding carboxylic acids is 1. The SMILES string of the molecule is O=CC(Br)c1cc(-c2ccc([N+](=O)[O-])cc2)no1.